The Balaban J connectivity index is 1.89. The molecular weight excluding hydrogens is 207 g/mol. The minimum atomic E-state index is 0.648. The zero-order chi connectivity index (χ0) is 11.5. The normalized spacial score (nSPS) is 10.3. The predicted octanol–water partition coefficient (Wildman–Crippen LogP) is 4.67. The molecule has 1 aromatic carbocycles. The maximum Gasteiger partial charge on any atom is 0.207 e. The van der Waals surface area contributed by atoms with Crippen molar-refractivity contribution in [3.05, 3.63) is 35.9 Å². The molecule has 0 N–H and O–H groups in total. The number of hydrogen-bond donors (Lipinski definition) is 0. The Morgan fingerprint density at radius 2 is 1.56 bits per heavy atom. The molecule has 0 aliphatic heterocycles. The van der Waals surface area contributed by atoms with Gasteiger partial charge >= 0.3 is 0 Å². The Kier molecular flexibility index (Phi) is 8.58. The van der Waals surface area contributed by atoms with E-state index < -0.39 is 0 Å². The summed E-state index contributed by atoms with van der Waals surface area (Å²) in [5.41, 5.74) is 1.53. The van der Waals surface area contributed by atoms with Gasteiger partial charge in [0.2, 0.25) is 15.2 Å². The van der Waals surface area contributed by atoms with Gasteiger partial charge in [-0.05, 0) is 0 Å². The van der Waals surface area contributed by atoms with Crippen LogP contribution in [0.25, 0.3) is 0 Å². The minimum Gasteiger partial charge on any atom is -0.103 e. The fraction of sp³-hybridized carbons (Fsp3) is 0.600. The van der Waals surface area contributed by atoms with Crippen LogP contribution >= 0.6 is 0 Å². The number of benzene rings is 1. The van der Waals surface area contributed by atoms with Gasteiger partial charge in [-0.2, -0.15) is 0 Å². The third-order valence-corrected chi connectivity index (χ3v) is 4.56. The molecule has 0 atom stereocenters. The minimum absolute atomic E-state index is 0.648. The highest BCUT2D eigenvalue weighted by Crippen LogP contribution is 2.08. The van der Waals surface area contributed by atoms with E-state index in [2.05, 4.69) is 37.3 Å². The summed E-state index contributed by atoms with van der Waals surface area (Å²) < 4.78 is 0. The largest absolute Gasteiger partial charge is 0.207 e. The van der Waals surface area contributed by atoms with Crippen molar-refractivity contribution in [1.29, 1.82) is 0 Å². The maximum atomic E-state index is 2.28. The second-order valence-corrected chi connectivity index (χ2v) is 6.10. The van der Waals surface area contributed by atoms with Gasteiger partial charge in [0.15, 0.2) is 0 Å². The average Bonchev–Trinajstić information content (AvgIpc) is 2.34. The van der Waals surface area contributed by atoms with Crippen molar-refractivity contribution in [3.8, 4) is 0 Å². The predicted molar refractivity (Wildman–Crippen MR) is 74.1 cm³/mol. The number of rotatable bonds is 9. The summed E-state index contributed by atoms with van der Waals surface area (Å²) in [5, 5.41) is 2.83. The van der Waals surface area contributed by atoms with E-state index in [-0.39, 0.29) is 0 Å². The summed E-state index contributed by atoms with van der Waals surface area (Å²) in [4.78, 5) is 0. The van der Waals surface area contributed by atoms with E-state index in [0.29, 0.717) is 15.2 Å². The van der Waals surface area contributed by atoms with E-state index >= 15 is 0 Å². The first-order chi connectivity index (χ1) is 7.93. The third kappa shape index (κ3) is 7.10. The van der Waals surface area contributed by atoms with Gasteiger partial charge in [-0.3, -0.25) is 0 Å². The highest BCUT2D eigenvalue weighted by Gasteiger charge is 1.95. The van der Waals surface area contributed by atoms with Crippen molar-refractivity contribution in [2.24, 2.45) is 0 Å². The van der Waals surface area contributed by atoms with Crippen molar-refractivity contribution in [2.75, 3.05) is 0 Å². The van der Waals surface area contributed by atoms with Crippen LogP contribution in [0.3, 0.4) is 0 Å². The van der Waals surface area contributed by atoms with Crippen LogP contribution in [0.2, 0.25) is 5.28 Å². The van der Waals surface area contributed by atoms with Crippen LogP contribution in [0, 0.1) is 0 Å². The van der Waals surface area contributed by atoms with Crippen molar-refractivity contribution < 1.29 is 0 Å². The molecule has 1 radical (unpaired) electrons. The van der Waals surface area contributed by atoms with Crippen LogP contribution in [0.15, 0.2) is 30.3 Å². The summed E-state index contributed by atoms with van der Waals surface area (Å²) in [7, 11) is 0. The summed E-state index contributed by atoms with van der Waals surface area (Å²) in [6.45, 7) is 2.28. The van der Waals surface area contributed by atoms with Gasteiger partial charge in [-0.25, -0.2) is 0 Å². The molecule has 0 nitrogen and oxygen atoms in total. The molecular formula is C15H24Al. The van der Waals surface area contributed by atoms with E-state index in [1.54, 1.807) is 0 Å². The molecule has 1 rings (SSSR count). The molecule has 16 heavy (non-hydrogen) atoms. The van der Waals surface area contributed by atoms with Gasteiger partial charge in [0.05, 0.1) is 0 Å². The summed E-state index contributed by atoms with van der Waals surface area (Å²) in [5.74, 6) is 0. The van der Waals surface area contributed by atoms with E-state index in [1.165, 1.54) is 54.7 Å². The Morgan fingerprint density at radius 3 is 2.31 bits per heavy atom. The van der Waals surface area contributed by atoms with E-state index in [1.807, 2.05) is 0 Å². The van der Waals surface area contributed by atoms with Crippen molar-refractivity contribution in [3.63, 3.8) is 0 Å². The highest BCUT2D eigenvalue weighted by molar-refractivity contribution is 6.34. The van der Waals surface area contributed by atoms with Crippen molar-refractivity contribution in [2.45, 2.75) is 56.0 Å². The molecule has 0 aliphatic carbocycles. The Labute approximate surface area is 107 Å². The van der Waals surface area contributed by atoms with Gasteiger partial charge < -0.3 is 0 Å². The van der Waals surface area contributed by atoms with Crippen LogP contribution in [0.1, 0.15) is 51.0 Å². The van der Waals surface area contributed by atoms with Crippen LogP contribution in [0.4, 0.5) is 0 Å². The van der Waals surface area contributed by atoms with E-state index in [0.717, 1.165) is 0 Å². The molecule has 0 heterocycles. The third-order valence-electron chi connectivity index (χ3n) is 2.98. The van der Waals surface area contributed by atoms with Gasteiger partial charge in [0.25, 0.3) is 0 Å². The van der Waals surface area contributed by atoms with Gasteiger partial charge in [0.1, 0.15) is 0 Å². The zero-order valence-electron chi connectivity index (χ0n) is 10.6. The lowest BCUT2D eigenvalue weighted by Crippen LogP contribution is -1.96. The smallest absolute Gasteiger partial charge is 0.103 e. The lowest BCUT2D eigenvalue weighted by atomic mass is 10.1. The van der Waals surface area contributed by atoms with Crippen molar-refractivity contribution >= 4 is 15.2 Å². The second-order valence-electron chi connectivity index (χ2n) is 4.53. The van der Waals surface area contributed by atoms with E-state index in [9.17, 15) is 0 Å². The topological polar surface area (TPSA) is 0 Å². The lowest BCUT2D eigenvalue weighted by Gasteiger charge is -2.01. The van der Waals surface area contributed by atoms with Crippen molar-refractivity contribution in [1.82, 2.24) is 0 Å². The summed E-state index contributed by atoms with van der Waals surface area (Å²) in [6.07, 6.45) is 8.62. The first-order valence-electron chi connectivity index (χ1n) is 6.79. The highest BCUT2D eigenvalue weighted by atomic mass is 27.1. The first-order valence-corrected chi connectivity index (χ1v) is 8.42. The quantitative estimate of drug-likeness (QED) is 0.428. The Morgan fingerprint density at radius 1 is 0.875 bits per heavy atom. The van der Waals surface area contributed by atoms with E-state index in [4.69, 9.17) is 0 Å². The monoisotopic (exact) mass is 231 g/mol. The molecule has 87 valence electrons. The van der Waals surface area contributed by atoms with Gasteiger partial charge in [-0.1, -0.05) is 86.6 Å². The van der Waals surface area contributed by atoms with Crippen LogP contribution < -0.4 is 0 Å². The van der Waals surface area contributed by atoms with Gasteiger partial charge in [0, 0.05) is 0 Å². The second kappa shape index (κ2) is 9.94. The molecule has 1 heteroatoms. The first kappa shape index (κ1) is 13.8. The maximum absolute atomic E-state index is 2.28. The molecule has 0 aliphatic rings. The molecule has 0 saturated heterocycles. The molecule has 0 amide bonds. The standard InChI is InChI=1S/C8H17.C7H7.Al/c1-3-5-7-8-6-4-2;1-7-5-3-2-4-6-7;/h1,3-8H2,2H3;2-6H,1H2;. The SMILES string of the molecule is CCCCCCC[CH2][Al][CH2]c1ccccc1. The lowest BCUT2D eigenvalue weighted by molar-refractivity contribution is 0.624. The molecule has 1 aromatic rings. The fourth-order valence-corrected chi connectivity index (χ4v) is 3.34. The Bertz CT molecular complexity index is 243. The van der Waals surface area contributed by atoms with Crippen LogP contribution in [-0.2, 0) is 5.28 Å². The molecule has 0 bridgehead atoms. The van der Waals surface area contributed by atoms with Crippen LogP contribution in [0.5, 0.6) is 0 Å². The molecule has 0 spiro atoms. The summed E-state index contributed by atoms with van der Waals surface area (Å²) >= 11 is 0.648. The number of unbranched alkanes of at least 4 members (excludes halogenated alkanes) is 5. The zero-order valence-corrected chi connectivity index (χ0v) is 11.8. The molecule has 0 unspecified atom stereocenters. The Hall–Kier alpha value is -0.248. The molecule has 0 fully saturated rings. The molecule has 0 saturated carbocycles. The van der Waals surface area contributed by atoms with Crippen LogP contribution in [-0.4, -0.2) is 15.2 Å². The fourth-order valence-electron chi connectivity index (χ4n) is 1.95. The summed E-state index contributed by atoms with van der Waals surface area (Å²) in [6, 6.07) is 10.9. The average molecular weight is 231 g/mol. The molecule has 0 aromatic heterocycles. The number of hydrogen-bond acceptors (Lipinski definition) is 0. The van der Waals surface area contributed by atoms with Gasteiger partial charge in [-0.15, -0.1) is 5.28 Å².